The number of rotatable bonds is 3. The third-order valence-corrected chi connectivity index (χ3v) is 3.52. The quantitative estimate of drug-likeness (QED) is 0.698. The first-order chi connectivity index (χ1) is 10.2. The zero-order chi connectivity index (χ0) is 14.7. The minimum absolute atomic E-state index is 0.183. The Hall–Kier alpha value is -2.40. The number of nitrogens with zero attached hydrogens (tertiary/aromatic N) is 2. The summed E-state index contributed by atoms with van der Waals surface area (Å²) in [4.78, 5) is 4.39. The molecule has 2 N–H and O–H groups in total. The maximum Gasteiger partial charge on any atom is 0.155 e. The number of aromatic amines is 1. The fraction of sp³-hybridized carbons (Fsp3) is 0. The van der Waals surface area contributed by atoms with Crippen LogP contribution in [0.2, 0.25) is 0 Å². The van der Waals surface area contributed by atoms with Crippen molar-refractivity contribution in [2.24, 2.45) is 4.99 Å². The first-order valence-corrected chi connectivity index (χ1v) is 7.15. The summed E-state index contributed by atoms with van der Waals surface area (Å²) in [5.74, 6) is 0.836. The summed E-state index contributed by atoms with van der Waals surface area (Å²) in [7, 11) is 0. The third-order valence-electron chi connectivity index (χ3n) is 3.03. The first-order valence-electron chi connectivity index (χ1n) is 6.35. The molecule has 0 spiro atoms. The number of benzene rings is 2. The smallest absolute Gasteiger partial charge is 0.155 e. The number of phenols is 1. The van der Waals surface area contributed by atoms with Crippen LogP contribution in [0.3, 0.4) is 0 Å². The highest BCUT2D eigenvalue weighted by Gasteiger charge is 2.06. The van der Waals surface area contributed by atoms with Crippen LogP contribution in [0.5, 0.6) is 5.75 Å². The molecule has 104 valence electrons. The van der Waals surface area contributed by atoms with E-state index >= 15 is 0 Å². The number of halogens is 1. The molecule has 0 atom stereocenters. The summed E-state index contributed by atoms with van der Waals surface area (Å²) < 4.78 is 0.884. The van der Waals surface area contributed by atoms with Crippen LogP contribution in [-0.2, 0) is 0 Å². The van der Waals surface area contributed by atoms with Crippen molar-refractivity contribution < 1.29 is 5.11 Å². The molecule has 0 unspecified atom stereocenters. The number of hydrogen-bond acceptors (Lipinski definition) is 3. The van der Waals surface area contributed by atoms with Gasteiger partial charge in [-0.05, 0) is 23.8 Å². The second-order valence-electron chi connectivity index (χ2n) is 4.46. The molecule has 0 radical (unpaired) electrons. The van der Waals surface area contributed by atoms with Gasteiger partial charge in [0, 0.05) is 21.8 Å². The van der Waals surface area contributed by atoms with Gasteiger partial charge in [0.25, 0.3) is 0 Å². The molecule has 2 aromatic carbocycles. The highest BCUT2D eigenvalue weighted by Crippen LogP contribution is 2.28. The average Bonchev–Trinajstić information content (AvgIpc) is 2.97. The Labute approximate surface area is 130 Å². The zero-order valence-electron chi connectivity index (χ0n) is 11.0. The summed E-state index contributed by atoms with van der Waals surface area (Å²) in [5.41, 5.74) is 2.59. The number of aromatic hydroxyl groups is 1. The van der Waals surface area contributed by atoms with E-state index in [0.717, 1.165) is 15.6 Å². The Kier molecular flexibility index (Phi) is 3.83. The second kappa shape index (κ2) is 5.93. The van der Waals surface area contributed by atoms with Crippen LogP contribution in [-0.4, -0.2) is 21.5 Å². The molecule has 0 amide bonds. The Morgan fingerprint density at radius 3 is 2.76 bits per heavy atom. The number of H-pyrrole nitrogens is 1. The molecule has 1 heterocycles. The van der Waals surface area contributed by atoms with E-state index in [1.807, 2.05) is 30.3 Å². The van der Waals surface area contributed by atoms with Crippen LogP contribution in [0.25, 0.3) is 11.1 Å². The molecule has 5 heteroatoms. The molecule has 3 aromatic rings. The second-order valence-corrected chi connectivity index (χ2v) is 5.38. The first kappa shape index (κ1) is 13.6. The zero-order valence-corrected chi connectivity index (χ0v) is 12.6. The Balaban J connectivity index is 1.94. The highest BCUT2D eigenvalue weighted by molar-refractivity contribution is 9.10. The van der Waals surface area contributed by atoms with E-state index in [9.17, 15) is 5.11 Å². The number of hydrogen-bond donors (Lipinski definition) is 2. The molecule has 0 aliphatic rings. The van der Waals surface area contributed by atoms with E-state index in [1.165, 1.54) is 0 Å². The van der Waals surface area contributed by atoms with Gasteiger partial charge in [0.15, 0.2) is 5.82 Å². The number of nitrogens with one attached hydrogen (secondary N) is 1. The number of aromatic nitrogens is 2. The summed E-state index contributed by atoms with van der Waals surface area (Å²) in [6.45, 7) is 0. The highest BCUT2D eigenvalue weighted by atomic mass is 79.9. The average molecular weight is 342 g/mol. The van der Waals surface area contributed by atoms with E-state index in [-0.39, 0.29) is 5.75 Å². The predicted molar refractivity (Wildman–Crippen MR) is 87.1 cm³/mol. The minimum Gasteiger partial charge on any atom is -0.507 e. The van der Waals surface area contributed by atoms with Crippen molar-refractivity contribution >= 4 is 28.0 Å². The lowest BCUT2D eigenvalue weighted by molar-refractivity contribution is 0.474. The van der Waals surface area contributed by atoms with Crippen molar-refractivity contribution in [2.75, 3.05) is 0 Å². The summed E-state index contributed by atoms with van der Waals surface area (Å²) in [6, 6.07) is 15.1. The number of phenolic OH excluding ortho intramolecular Hbond substituents is 1. The van der Waals surface area contributed by atoms with Gasteiger partial charge in [-0.1, -0.05) is 46.3 Å². The predicted octanol–water partition coefficient (Wildman–Crippen LogP) is 4.30. The van der Waals surface area contributed by atoms with Gasteiger partial charge in [-0.25, -0.2) is 4.99 Å². The Bertz CT molecular complexity index is 781. The lowest BCUT2D eigenvalue weighted by Crippen LogP contribution is -1.83. The van der Waals surface area contributed by atoms with E-state index in [4.69, 9.17) is 0 Å². The number of aliphatic imine (C=N–C) groups is 1. The standard InChI is InChI=1S/C16H12BrN3O/c17-13-6-7-15(21)12(8-13)9-18-16-14(10-19-20-16)11-4-2-1-3-5-11/h1-10,21H,(H,19,20)/b18-9+. The molecule has 0 bridgehead atoms. The molecular weight excluding hydrogens is 330 g/mol. The molecule has 1 aromatic heterocycles. The van der Waals surface area contributed by atoms with Gasteiger partial charge in [0.05, 0.1) is 6.20 Å². The molecule has 0 fully saturated rings. The van der Waals surface area contributed by atoms with E-state index < -0.39 is 0 Å². The fourth-order valence-electron chi connectivity index (χ4n) is 1.97. The van der Waals surface area contributed by atoms with Crippen molar-refractivity contribution in [1.82, 2.24) is 10.2 Å². The fourth-order valence-corrected chi connectivity index (χ4v) is 2.35. The molecule has 0 saturated carbocycles. The molecule has 0 aliphatic heterocycles. The maximum atomic E-state index is 9.81. The third kappa shape index (κ3) is 3.03. The van der Waals surface area contributed by atoms with E-state index in [0.29, 0.717) is 11.4 Å². The van der Waals surface area contributed by atoms with Crippen LogP contribution in [0.15, 0.2) is 64.2 Å². The molecule has 21 heavy (non-hydrogen) atoms. The molecule has 3 rings (SSSR count). The lowest BCUT2D eigenvalue weighted by atomic mass is 10.1. The van der Waals surface area contributed by atoms with Crippen LogP contribution in [0, 0.1) is 0 Å². The van der Waals surface area contributed by atoms with Crippen LogP contribution < -0.4 is 0 Å². The molecule has 4 nitrogen and oxygen atoms in total. The Morgan fingerprint density at radius 2 is 1.95 bits per heavy atom. The largest absolute Gasteiger partial charge is 0.507 e. The minimum atomic E-state index is 0.183. The van der Waals surface area contributed by atoms with Gasteiger partial charge >= 0.3 is 0 Å². The Morgan fingerprint density at radius 1 is 1.14 bits per heavy atom. The monoisotopic (exact) mass is 341 g/mol. The molecule has 0 saturated heterocycles. The van der Waals surface area contributed by atoms with E-state index in [2.05, 4.69) is 31.1 Å². The maximum absolute atomic E-state index is 9.81. The van der Waals surface area contributed by atoms with Crippen molar-refractivity contribution in [1.29, 1.82) is 0 Å². The normalized spacial score (nSPS) is 11.1. The topological polar surface area (TPSA) is 61.3 Å². The van der Waals surface area contributed by atoms with Crippen LogP contribution >= 0.6 is 15.9 Å². The van der Waals surface area contributed by atoms with Crippen LogP contribution in [0.4, 0.5) is 5.82 Å². The SMILES string of the molecule is Oc1ccc(Br)cc1/C=N/c1[nH]ncc1-c1ccccc1. The molecular formula is C16H12BrN3O. The summed E-state index contributed by atoms with van der Waals surface area (Å²) in [6.07, 6.45) is 3.35. The van der Waals surface area contributed by atoms with Crippen molar-refractivity contribution in [3.63, 3.8) is 0 Å². The van der Waals surface area contributed by atoms with Gasteiger partial charge in [-0.15, -0.1) is 0 Å². The summed E-state index contributed by atoms with van der Waals surface area (Å²) >= 11 is 3.37. The van der Waals surface area contributed by atoms with Gasteiger partial charge in [-0.2, -0.15) is 5.10 Å². The van der Waals surface area contributed by atoms with Gasteiger partial charge < -0.3 is 5.11 Å². The molecule has 0 aliphatic carbocycles. The van der Waals surface area contributed by atoms with Gasteiger partial charge in [-0.3, -0.25) is 5.10 Å². The van der Waals surface area contributed by atoms with Crippen molar-refractivity contribution in [3.05, 3.63) is 64.8 Å². The van der Waals surface area contributed by atoms with E-state index in [1.54, 1.807) is 30.6 Å². The summed E-state index contributed by atoms with van der Waals surface area (Å²) in [5, 5.41) is 16.7. The van der Waals surface area contributed by atoms with Crippen LogP contribution in [0.1, 0.15) is 5.56 Å². The van der Waals surface area contributed by atoms with Gasteiger partial charge in [0.2, 0.25) is 0 Å². The van der Waals surface area contributed by atoms with Crippen molar-refractivity contribution in [2.45, 2.75) is 0 Å². The van der Waals surface area contributed by atoms with Gasteiger partial charge in [0.1, 0.15) is 5.75 Å². The lowest BCUT2D eigenvalue weighted by Gasteiger charge is -2.00. The van der Waals surface area contributed by atoms with Crippen molar-refractivity contribution in [3.8, 4) is 16.9 Å².